The van der Waals surface area contributed by atoms with Crippen LogP contribution in [0, 0.1) is 0 Å². The van der Waals surface area contributed by atoms with Gasteiger partial charge in [-0.05, 0) is 35.4 Å². The molecule has 4 rings (SSSR count). The maximum atomic E-state index is 12.7. The van der Waals surface area contributed by atoms with Gasteiger partial charge in [0.2, 0.25) is 5.91 Å². The molecule has 0 saturated heterocycles. The van der Waals surface area contributed by atoms with E-state index >= 15 is 0 Å². The largest absolute Gasteiger partial charge is 0.459 e. The molecule has 0 radical (unpaired) electrons. The summed E-state index contributed by atoms with van der Waals surface area (Å²) in [5.74, 6) is -0.401. The third-order valence-corrected chi connectivity index (χ3v) is 4.42. The van der Waals surface area contributed by atoms with Crippen molar-refractivity contribution in [2.75, 3.05) is 5.32 Å². The highest BCUT2D eigenvalue weighted by molar-refractivity contribution is 6.02. The number of hydrogen-bond acceptors (Lipinski definition) is 5. The average Bonchev–Trinajstić information content (AvgIpc) is 3.46. The first-order valence-corrected chi connectivity index (χ1v) is 9.30. The Bertz CT molecular complexity index is 1070. The molecule has 0 bridgehead atoms. The summed E-state index contributed by atoms with van der Waals surface area (Å²) in [5, 5.41) is 9.86. The topological polar surface area (TPSA) is 102 Å². The number of aromatic nitrogens is 3. The smallest absolute Gasteiger partial charge is 0.291 e. The van der Waals surface area contributed by atoms with Crippen LogP contribution in [-0.4, -0.2) is 26.6 Å². The van der Waals surface area contributed by atoms with Gasteiger partial charge in [0.15, 0.2) is 5.76 Å². The zero-order valence-electron chi connectivity index (χ0n) is 15.9. The van der Waals surface area contributed by atoms with Crippen molar-refractivity contribution < 1.29 is 14.0 Å². The van der Waals surface area contributed by atoms with Crippen LogP contribution < -0.4 is 10.6 Å². The lowest BCUT2D eigenvalue weighted by molar-refractivity contribution is -0.122. The van der Waals surface area contributed by atoms with Crippen molar-refractivity contribution in [3.63, 3.8) is 0 Å². The Kier molecular flexibility index (Phi) is 5.66. The molecule has 30 heavy (non-hydrogen) atoms. The van der Waals surface area contributed by atoms with Gasteiger partial charge in [-0.25, -0.2) is 0 Å². The van der Waals surface area contributed by atoms with Crippen molar-refractivity contribution in [2.24, 2.45) is 0 Å². The Balaban J connectivity index is 1.43. The number of carbonyl (C=O) groups excluding carboxylic acids is 2. The Morgan fingerprint density at radius 2 is 1.77 bits per heavy atom. The summed E-state index contributed by atoms with van der Waals surface area (Å²) in [6, 6.07) is 16.3. The first kappa shape index (κ1) is 19.1. The molecule has 3 aromatic heterocycles. The van der Waals surface area contributed by atoms with Crippen LogP contribution in [-0.2, 0) is 11.3 Å². The molecule has 2 N–H and O–H groups in total. The summed E-state index contributed by atoms with van der Waals surface area (Å²) in [7, 11) is 0. The summed E-state index contributed by atoms with van der Waals surface area (Å²) in [6.45, 7) is 0.00500. The second-order valence-corrected chi connectivity index (χ2v) is 6.55. The van der Waals surface area contributed by atoms with Gasteiger partial charge in [0, 0.05) is 18.6 Å². The molecule has 2 amide bonds. The molecular weight excluding hydrogens is 382 g/mol. The molecule has 8 heteroatoms. The summed E-state index contributed by atoms with van der Waals surface area (Å²) < 4.78 is 6.52. The maximum absolute atomic E-state index is 12.7. The minimum absolute atomic E-state index is 0.00500. The number of rotatable bonds is 7. The summed E-state index contributed by atoms with van der Waals surface area (Å²) in [4.78, 5) is 28.8. The number of benzene rings is 1. The number of nitrogens with zero attached hydrogens (tertiary/aromatic N) is 3. The molecule has 0 unspecified atom stereocenters. The van der Waals surface area contributed by atoms with Gasteiger partial charge in [-0.2, -0.15) is 5.10 Å². The number of anilines is 1. The van der Waals surface area contributed by atoms with E-state index in [9.17, 15) is 9.59 Å². The van der Waals surface area contributed by atoms with Crippen molar-refractivity contribution in [3.05, 3.63) is 103 Å². The van der Waals surface area contributed by atoms with Crippen LogP contribution in [0.2, 0.25) is 0 Å². The van der Waals surface area contributed by atoms with Crippen molar-refractivity contribution in [1.29, 1.82) is 0 Å². The SMILES string of the molecule is O=C(Cn1cc(NC(=O)c2ccco2)cn1)N[C@@H](c1ccccc1)c1ccncc1. The lowest BCUT2D eigenvalue weighted by atomic mass is 10.00. The molecule has 0 aliphatic carbocycles. The van der Waals surface area contributed by atoms with Crippen molar-refractivity contribution >= 4 is 17.5 Å². The fraction of sp³-hybridized carbons (Fsp3) is 0.0909. The molecule has 0 aliphatic heterocycles. The molecule has 0 aliphatic rings. The van der Waals surface area contributed by atoms with Gasteiger partial charge in [0.1, 0.15) is 6.54 Å². The van der Waals surface area contributed by atoms with Gasteiger partial charge in [0.25, 0.3) is 5.91 Å². The predicted octanol–water partition coefficient (Wildman–Crippen LogP) is 3.03. The molecule has 1 atom stereocenters. The monoisotopic (exact) mass is 401 g/mol. The summed E-state index contributed by atoms with van der Waals surface area (Å²) >= 11 is 0. The first-order valence-electron chi connectivity index (χ1n) is 9.30. The Labute approximate surface area is 172 Å². The van der Waals surface area contributed by atoms with Crippen LogP contribution in [0.3, 0.4) is 0 Å². The molecular formula is C22H19N5O3. The minimum Gasteiger partial charge on any atom is -0.459 e. The quantitative estimate of drug-likeness (QED) is 0.496. The van der Waals surface area contributed by atoms with Crippen LogP contribution in [0.4, 0.5) is 5.69 Å². The number of pyridine rings is 1. The molecule has 4 aromatic rings. The first-order chi connectivity index (χ1) is 14.7. The van der Waals surface area contributed by atoms with Gasteiger partial charge >= 0.3 is 0 Å². The number of furan rings is 1. The van der Waals surface area contributed by atoms with E-state index in [1.807, 2.05) is 42.5 Å². The third kappa shape index (κ3) is 4.61. The zero-order valence-corrected chi connectivity index (χ0v) is 15.9. The van der Waals surface area contributed by atoms with Crippen LogP contribution in [0.15, 0.2) is 90.1 Å². The van der Waals surface area contributed by atoms with Gasteiger partial charge in [0.05, 0.1) is 24.2 Å². The summed E-state index contributed by atoms with van der Waals surface area (Å²) in [6.07, 6.45) is 7.88. The Hall–Kier alpha value is -4.20. The van der Waals surface area contributed by atoms with E-state index in [0.29, 0.717) is 5.69 Å². The summed E-state index contributed by atoms with van der Waals surface area (Å²) in [5.41, 5.74) is 2.36. The van der Waals surface area contributed by atoms with Crippen LogP contribution in [0.1, 0.15) is 27.7 Å². The number of carbonyl (C=O) groups is 2. The van der Waals surface area contributed by atoms with Crippen molar-refractivity contribution in [2.45, 2.75) is 12.6 Å². The zero-order chi connectivity index (χ0) is 20.8. The van der Waals surface area contributed by atoms with E-state index in [2.05, 4.69) is 20.7 Å². The lowest BCUT2D eigenvalue weighted by Gasteiger charge is -2.19. The van der Waals surface area contributed by atoms with E-state index in [4.69, 9.17) is 4.42 Å². The highest BCUT2D eigenvalue weighted by Gasteiger charge is 2.17. The van der Waals surface area contributed by atoms with E-state index in [-0.39, 0.29) is 30.2 Å². The number of nitrogens with one attached hydrogen (secondary N) is 2. The van der Waals surface area contributed by atoms with Crippen molar-refractivity contribution in [3.8, 4) is 0 Å². The van der Waals surface area contributed by atoms with Crippen LogP contribution >= 0.6 is 0 Å². The highest BCUT2D eigenvalue weighted by Crippen LogP contribution is 2.21. The molecule has 150 valence electrons. The van der Waals surface area contributed by atoms with Crippen LogP contribution in [0.5, 0.6) is 0 Å². The average molecular weight is 401 g/mol. The van der Waals surface area contributed by atoms with Gasteiger partial charge in [-0.3, -0.25) is 19.3 Å². The normalized spacial score (nSPS) is 11.6. The Morgan fingerprint density at radius 1 is 1.00 bits per heavy atom. The Morgan fingerprint density at radius 3 is 2.50 bits per heavy atom. The fourth-order valence-corrected chi connectivity index (χ4v) is 3.03. The molecule has 8 nitrogen and oxygen atoms in total. The lowest BCUT2D eigenvalue weighted by Crippen LogP contribution is -2.32. The maximum Gasteiger partial charge on any atom is 0.291 e. The second-order valence-electron chi connectivity index (χ2n) is 6.55. The van der Waals surface area contributed by atoms with E-state index < -0.39 is 0 Å². The van der Waals surface area contributed by atoms with Gasteiger partial charge in [-0.1, -0.05) is 30.3 Å². The minimum atomic E-state index is -0.383. The highest BCUT2D eigenvalue weighted by atomic mass is 16.3. The fourth-order valence-electron chi connectivity index (χ4n) is 3.03. The number of hydrogen-bond donors (Lipinski definition) is 2. The standard InChI is InChI=1S/C22H19N5O3/c28-20(15-27-14-18(13-24-27)25-22(29)19-7-4-12-30-19)26-21(16-5-2-1-3-6-16)17-8-10-23-11-9-17/h1-14,21H,15H2,(H,25,29)(H,26,28)/t21-/m0/s1. The van der Waals surface area contributed by atoms with Crippen molar-refractivity contribution in [1.82, 2.24) is 20.1 Å². The van der Waals surface area contributed by atoms with E-state index in [1.165, 1.54) is 17.1 Å². The van der Waals surface area contributed by atoms with E-state index in [0.717, 1.165) is 11.1 Å². The van der Waals surface area contributed by atoms with Gasteiger partial charge in [-0.15, -0.1) is 0 Å². The third-order valence-electron chi connectivity index (χ3n) is 4.42. The molecule has 3 heterocycles. The molecule has 0 saturated carbocycles. The molecule has 0 spiro atoms. The second kappa shape index (κ2) is 8.87. The predicted molar refractivity (Wildman–Crippen MR) is 110 cm³/mol. The molecule has 0 fully saturated rings. The molecule has 1 aromatic carbocycles. The van der Waals surface area contributed by atoms with Crippen LogP contribution in [0.25, 0.3) is 0 Å². The van der Waals surface area contributed by atoms with Gasteiger partial charge < -0.3 is 15.1 Å². The number of amides is 2. The van der Waals surface area contributed by atoms with E-state index in [1.54, 1.807) is 30.7 Å².